The van der Waals surface area contributed by atoms with E-state index in [0.29, 0.717) is 5.41 Å². The van der Waals surface area contributed by atoms with Gasteiger partial charge < -0.3 is 11.1 Å². The van der Waals surface area contributed by atoms with E-state index in [1.54, 1.807) is 0 Å². The molecule has 0 amide bonds. The topological polar surface area (TPSA) is 38.0 Å². The molecular formula is C10H22N2. The molecule has 12 heavy (non-hydrogen) atoms. The van der Waals surface area contributed by atoms with Crippen molar-refractivity contribution >= 4 is 0 Å². The van der Waals surface area contributed by atoms with E-state index in [-0.39, 0.29) is 5.54 Å². The van der Waals surface area contributed by atoms with E-state index in [9.17, 15) is 0 Å². The van der Waals surface area contributed by atoms with Crippen LogP contribution in [-0.2, 0) is 0 Å². The highest BCUT2D eigenvalue weighted by molar-refractivity contribution is 5.02. The van der Waals surface area contributed by atoms with E-state index in [0.717, 1.165) is 6.54 Å². The molecule has 0 spiro atoms. The Bertz CT molecular complexity index is 148. The molecule has 0 heterocycles. The Morgan fingerprint density at radius 2 is 1.83 bits per heavy atom. The molecule has 1 saturated carbocycles. The molecular weight excluding hydrogens is 148 g/mol. The SMILES string of the molecule is CNC1(CN)CCCCC1(C)C. The van der Waals surface area contributed by atoms with E-state index in [1.807, 2.05) is 7.05 Å². The first-order valence-electron chi connectivity index (χ1n) is 4.97. The van der Waals surface area contributed by atoms with Crippen molar-refractivity contribution in [3.05, 3.63) is 0 Å². The van der Waals surface area contributed by atoms with Crippen molar-refractivity contribution in [2.24, 2.45) is 11.1 Å². The van der Waals surface area contributed by atoms with Gasteiger partial charge in [-0.1, -0.05) is 26.7 Å². The van der Waals surface area contributed by atoms with Crippen LogP contribution in [0.15, 0.2) is 0 Å². The number of hydrogen-bond donors (Lipinski definition) is 2. The van der Waals surface area contributed by atoms with Crippen molar-refractivity contribution in [2.75, 3.05) is 13.6 Å². The highest BCUT2D eigenvalue weighted by Crippen LogP contribution is 2.42. The third-order valence-electron chi connectivity index (χ3n) is 3.78. The van der Waals surface area contributed by atoms with Crippen molar-refractivity contribution in [3.63, 3.8) is 0 Å². The Hall–Kier alpha value is -0.0800. The highest BCUT2D eigenvalue weighted by Gasteiger charge is 2.44. The van der Waals surface area contributed by atoms with Gasteiger partial charge in [0.15, 0.2) is 0 Å². The van der Waals surface area contributed by atoms with Crippen LogP contribution in [-0.4, -0.2) is 19.1 Å². The fourth-order valence-electron chi connectivity index (χ4n) is 2.52. The summed E-state index contributed by atoms with van der Waals surface area (Å²) in [5.74, 6) is 0. The van der Waals surface area contributed by atoms with Gasteiger partial charge >= 0.3 is 0 Å². The number of rotatable bonds is 2. The first-order valence-corrected chi connectivity index (χ1v) is 4.97. The van der Waals surface area contributed by atoms with E-state index >= 15 is 0 Å². The average molecular weight is 170 g/mol. The second-order valence-corrected chi connectivity index (χ2v) is 4.63. The number of hydrogen-bond acceptors (Lipinski definition) is 2. The van der Waals surface area contributed by atoms with Gasteiger partial charge in [0, 0.05) is 12.1 Å². The largest absolute Gasteiger partial charge is 0.329 e. The molecule has 1 unspecified atom stereocenters. The molecule has 72 valence electrons. The summed E-state index contributed by atoms with van der Waals surface area (Å²) in [7, 11) is 2.04. The second kappa shape index (κ2) is 3.35. The minimum absolute atomic E-state index is 0.186. The minimum atomic E-state index is 0.186. The summed E-state index contributed by atoms with van der Waals surface area (Å²) < 4.78 is 0. The van der Waals surface area contributed by atoms with Crippen molar-refractivity contribution in [2.45, 2.75) is 45.1 Å². The molecule has 1 fully saturated rings. The van der Waals surface area contributed by atoms with Crippen molar-refractivity contribution in [1.82, 2.24) is 5.32 Å². The highest BCUT2D eigenvalue weighted by atomic mass is 15.0. The molecule has 0 aromatic carbocycles. The predicted molar refractivity (Wildman–Crippen MR) is 53.1 cm³/mol. The van der Waals surface area contributed by atoms with Gasteiger partial charge in [-0.2, -0.15) is 0 Å². The molecule has 0 aliphatic heterocycles. The quantitative estimate of drug-likeness (QED) is 0.659. The molecule has 2 heteroatoms. The molecule has 2 nitrogen and oxygen atoms in total. The summed E-state index contributed by atoms with van der Waals surface area (Å²) in [5, 5.41) is 3.43. The summed E-state index contributed by atoms with van der Waals surface area (Å²) in [4.78, 5) is 0. The van der Waals surface area contributed by atoms with E-state index in [1.165, 1.54) is 25.7 Å². The average Bonchev–Trinajstić information content (AvgIpc) is 2.05. The van der Waals surface area contributed by atoms with Gasteiger partial charge in [-0.25, -0.2) is 0 Å². The number of nitrogens with one attached hydrogen (secondary N) is 1. The summed E-state index contributed by atoms with van der Waals surface area (Å²) in [6.07, 6.45) is 5.20. The second-order valence-electron chi connectivity index (χ2n) is 4.63. The summed E-state index contributed by atoms with van der Waals surface area (Å²) in [6.45, 7) is 5.42. The van der Waals surface area contributed by atoms with E-state index < -0.39 is 0 Å². The zero-order valence-electron chi connectivity index (χ0n) is 8.61. The molecule has 0 saturated heterocycles. The number of likely N-dealkylation sites (N-methyl/N-ethyl adjacent to an activating group) is 1. The molecule has 0 bridgehead atoms. The van der Waals surface area contributed by atoms with Crippen LogP contribution in [0.5, 0.6) is 0 Å². The molecule has 1 aliphatic rings. The smallest absolute Gasteiger partial charge is 0.0352 e. The normalized spacial score (nSPS) is 35.0. The maximum atomic E-state index is 5.86. The summed E-state index contributed by atoms with van der Waals surface area (Å²) in [6, 6.07) is 0. The Morgan fingerprint density at radius 1 is 1.25 bits per heavy atom. The van der Waals surface area contributed by atoms with Gasteiger partial charge in [-0.3, -0.25) is 0 Å². The van der Waals surface area contributed by atoms with Crippen molar-refractivity contribution in [1.29, 1.82) is 0 Å². The maximum absolute atomic E-state index is 5.86. The van der Waals surface area contributed by atoms with E-state index in [2.05, 4.69) is 19.2 Å². The monoisotopic (exact) mass is 170 g/mol. The van der Waals surface area contributed by atoms with Crippen LogP contribution in [0.25, 0.3) is 0 Å². The van der Waals surface area contributed by atoms with Gasteiger partial charge in [0.2, 0.25) is 0 Å². The molecule has 3 N–H and O–H groups in total. The Labute approximate surface area is 75.9 Å². The first-order chi connectivity index (χ1) is 5.58. The van der Waals surface area contributed by atoms with Crippen LogP contribution in [0.1, 0.15) is 39.5 Å². The van der Waals surface area contributed by atoms with Gasteiger partial charge in [0.25, 0.3) is 0 Å². The molecule has 1 atom stereocenters. The minimum Gasteiger partial charge on any atom is -0.329 e. The van der Waals surface area contributed by atoms with Crippen LogP contribution in [0.2, 0.25) is 0 Å². The molecule has 1 rings (SSSR count). The van der Waals surface area contributed by atoms with Gasteiger partial charge in [0.1, 0.15) is 0 Å². The van der Waals surface area contributed by atoms with Gasteiger partial charge in [-0.15, -0.1) is 0 Å². The maximum Gasteiger partial charge on any atom is 0.0352 e. The molecule has 1 aliphatic carbocycles. The Balaban J connectivity index is 2.81. The van der Waals surface area contributed by atoms with Gasteiger partial charge in [-0.05, 0) is 25.3 Å². The van der Waals surface area contributed by atoms with Crippen LogP contribution < -0.4 is 11.1 Å². The lowest BCUT2D eigenvalue weighted by atomic mass is 9.63. The summed E-state index contributed by atoms with van der Waals surface area (Å²) >= 11 is 0. The third-order valence-corrected chi connectivity index (χ3v) is 3.78. The molecule has 0 aromatic heterocycles. The zero-order chi connectivity index (χ0) is 9.24. The lowest BCUT2D eigenvalue weighted by Gasteiger charge is -2.49. The fourth-order valence-corrected chi connectivity index (χ4v) is 2.52. The lowest BCUT2D eigenvalue weighted by molar-refractivity contribution is 0.0766. The van der Waals surface area contributed by atoms with Crippen LogP contribution in [0.3, 0.4) is 0 Å². The third kappa shape index (κ3) is 1.38. The van der Waals surface area contributed by atoms with Crippen LogP contribution in [0.4, 0.5) is 0 Å². The Morgan fingerprint density at radius 3 is 2.17 bits per heavy atom. The van der Waals surface area contributed by atoms with Crippen LogP contribution in [0, 0.1) is 5.41 Å². The zero-order valence-corrected chi connectivity index (χ0v) is 8.61. The van der Waals surface area contributed by atoms with Crippen LogP contribution >= 0.6 is 0 Å². The summed E-state index contributed by atoms with van der Waals surface area (Å²) in [5.41, 5.74) is 6.40. The molecule has 0 radical (unpaired) electrons. The first kappa shape index (κ1) is 10.0. The van der Waals surface area contributed by atoms with Crippen molar-refractivity contribution < 1.29 is 0 Å². The number of nitrogens with two attached hydrogens (primary N) is 1. The lowest BCUT2D eigenvalue weighted by Crippen LogP contribution is -2.60. The Kier molecular flexibility index (Phi) is 2.79. The standard InChI is InChI=1S/C10H22N2/c1-9(2)6-4-5-7-10(9,8-11)12-3/h12H,4-8,11H2,1-3H3. The van der Waals surface area contributed by atoms with Gasteiger partial charge in [0.05, 0.1) is 0 Å². The van der Waals surface area contributed by atoms with Crippen molar-refractivity contribution in [3.8, 4) is 0 Å². The fraction of sp³-hybridized carbons (Fsp3) is 1.00. The predicted octanol–water partition coefficient (Wildman–Crippen LogP) is 1.50. The van der Waals surface area contributed by atoms with E-state index in [4.69, 9.17) is 5.73 Å². The molecule has 0 aromatic rings.